The number of carbonyl (C=O) groups excluding carboxylic acids is 2. The van der Waals surface area contributed by atoms with Crippen LogP contribution in [-0.2, 0) is 9.59 Å². The molecule has 2 rings (SSSR count). The second kappa shape index (κ2) is 5.97. The summed E-state index contributed by atoms with van der Waals surface area (Å²) < 4.78 is 36.7. The molecule has 4 nitrogen and oxygen atoms in total. The van der Waals surface area contributed by atoms with Crippen molar-refractivity contribution in [3.8, 4) is 0 Å². The van der Waals surface area contributed by atoms with Gasteiger partial charge in [0.1, 0.15) is 6.54 Å². The van der Waals surface area contributed by atoms with Crippen LogP contribution in [0.25, 0.3) is 0 Å². The second-order valence-electron chi connectivity index (χ2n) is 4.66. The molecule has 1 aromatic rings. The Labute approximate surface area is 123 Å². The van der Waals surface area contributed by atoms with E-state index in [2.05, 4.69) is 5.32 Å². The van der Waals surface area contributed by atoms with Gasteiger partial charge in [-0.05, 0) is 12.1 Å². The van der Waals surface area contributed by atoms with E-state index in [4.69, 9.17) is 0 Å². The van der Waals surface area contributed by atoms with Gasteiger partial charge in [0.15, 0.2) is 0 Å². The number of carbonyl (C=O) groups is 2. The summed E-state index contributed by atoms with van der Waals surface area (Å²) in [5.74, 6) is -1.08. The summed E-state index contributed by atoms with van der Waals surface area (Å²) in [7, 11) is 1.08. The maximum Gasteiger partial charge on any atom is 0.406 e. The lowest BCUT2D eigenvalue weighted by atomic mass is 10.2. The maximum atomic E-state index is 12.2. The van der Waals surface area contributed by atoms with Crippen molar-refractivity contribution in [1.29, 1.82) is 0 Å². The topological polar surface area (TPSA) is 49.4 Å². The average molecular weight is 318 g/mol. The van der Waals surface area contributed by atoms with Crippen LogP contribution in [0.2, 0.25) is 0 Å². The largest absolute Gasteiger partial charge is 0.406 e. The number of hydrogen-bond donors (Lipinski definition) is 1. The molecule has 21 heavy (non-hydrogen) atoms. The van der Waals surface area contributed by atoms with Gasteiger partial charge in [0.05, 0.1) is 10.9 Å². The van der Waals surface area contributed by atoms with Gasteiger partial charge in [-0.2, -0.15) is 13.2 Å². The Morgan fingerprint density at radius 1 is 1.38 bits per heavy atom. The van der Waals surface area contributed by atoms with Crippen LogP contribution >= 0.6 is 11.8 Å². The number of hydrogen-bond acceptors (Lipinski definition) is 3. The maximum absolute atomic E-state index is 12.2. The highest BCUT2D eigenvalue weighted by Crippen LogP contribution is 2.36. The van der Waals surface area contributed by atoms with Crippen LogP contribution in [-0.4, -0.2) is 41.7 Å². The predicted molar refractivity (Wildman–Crippen MR) is 73.0 cm³/mol. The first-order chi connectivity index (χ1) is 9.76. The number of thioether (sulfide) groups is 1. The summed E-state index contributed by atoms with van der Waals surface area (Å²) in [4.78, 5) is 25.0. The Morgan fingerprint density at radius 2 is 2.05 bits per heavy atom. The number of nitrogens with one attached hydrogen (secondary N) is 1. The number of amides is 2. The van der Waals surface area contributed by atoms with Gasteiger partial charge in [-0.1, -0.05) is 12.1 Å². The Morgan fingerprint density at radius 3 is 2.71 bits per heavy atom. The van der Waals surface area contributed by atoms with Gasteiger partial charge in [0, 0.05) is 18.4 Å². The summed E-state index contributed by atoms with van der Waals surface area (Å²) in [6, 6.07) is 7.07. The number of rotatable bonds is 3. The van der Waals surface area contributed by atoms with Crippen LogP contribution < -0.4 is 5.32 Å². The minimum atomic E-state index is -4.45. The third-order valence-electron chi connectivity index (χ3n) is 2.91. The molecule has 1 aliphatic rings. The fourth-order valence-electron chi connectivity index (χ4n) is 1.90. The van der Waals surface area contributed by atoms with Crippen molar-refractivity contribution >= 4 is 29.3 Å². The molecular weight excluding hydrogens is 305 g/mol. The fourth-order valence-corrected chi connectivity index (χ4v) is 3.00. The van der Waals surface area contributed by atoms with Gasteiger partial charge < -0.3 is 10.2 Å². The highest BCUT2D eigenvalue weighted by Gasteiger charge is 2.34. The Balaban J connectivity index is 2.00. The molecule has 1 unspecified atom stereocenters. The Bertz CT molecular complexity index is 563. The zero-order chi connectivity index (χ0) is 15.6. The van der Waals surface area contributed by atoms with Crippen LogP contribution in [0.3, 0.4) is 0 Å². The molecule has 1 N–H and O–H groups in total. The molecule has 1 aromatic carbocycles. The van der Waals surface area contributed by atoms with Crippen molar-refractivity contribution < 1.29 is 22.8 Å². The molecule has 0 aromatic heterocycles. The molecule has 0 spiro atoms. The van der Waals surface area contributed by atoms with E-state index in [1.807, 2.05) is 0 Å². The van der Waals surface area contributed by atoms with Gasteiger partial charge in [-0.3, -0.25) is 9.59 Å². The normalized spacial score (nSPS) is 17.9. The van der Waals surface area contributed by atoms with E-state index in [9.17, 15) is 22.8 Å². The minimum absolute atomic E-state index is 0.266. The van der Waals surface area contributed by atoms with Crippen LogP contribution in [0.1, 0.15) is 6.42 Å². The molecule has 8 heteroatoms. The molecule has 1 heterocycles. The first kappa shape index (κ1) is 15.7. The van der Waals surface area contributed by atoms with E-state index < -0.39 is 23.9 Å². The average Bonchev–Trinajstić information content (AvgIpc) is 2.37. The number of fused-ring (bicyclic) bond motifs is 1. The first-order valence-corrected chi connectivity index (χ1v) is 7.01. The molecule has 0 saturated carbocycles. The quantitative estimate of drug-likeness (QED) is 0.931. The molecule has 0 fully saturated rings. The lowest BCUT2D eigenvalue weighted by Gasteiger charge is -2.25. The SMILES string of the molecule is CN(CC(F)(F)F)C(=O)CC1Sc2ccccc2NC1=O. The fraction of sp³-hybridized carbons (Fsp3) is 0.385. The number of alkyl halides is 3. The molecule has 0 radical (unpaired) electrons. The number of benzene rings is 1. The van der Waals surface area contributed by atoms with E-state index in [-0.39, 0.29) is 12.3 Å². The first-order valence-electron chi connectivity index (χ1n) is 6.13. The highest BCUT2D eigenvalue weighted by molar-refractivity contribution is 8.01. The summed E-state index contributed by atoms with van der Waals surface area (Å²) in [5.41, 5.74) is 0.653. The monoisotopic (exact) mass is 318 g/mol. The molecule has 0 saturated heterocycles. The van der Waals surface area contributed by atoms with Crippen LogP contribution in [0.4, 0.5) is 18.9 Å². The van der Waals surface area contributed by atoms with Crippen LogP contribution in [0.5, 0.6) is 0 Å². The summed E-state index contributed by atoms with van der Waals surface area (Å²) in [6.45, 7) is -1.32. The number of anilines is 1. The Hall–Kier alpha value is -1.70. The van der Waals surface area contributed by atoms with Crippen molar-refractivity contribution in [3.63, 3.8) is 0 Å². The summed E-state index contributed by atoms with van der Waals surface area (Å²) in [5, 5.41) is 1.93. The predicted octanol–water partition coefficient (Wildman–Crippen LogP) is 2.51. The molecular formula is C13H13F3N2O2S. The van der Waals surface area contributed by atoms with E-state index in [1.54, 1.807) is 24.3 Å². The lowest BCUT2D eigenvalue weighted by molar-refractivity contribution is -0.158. The zero-order valence-corrected chi connectivity index (χ0v) is 11.9. The number of halogens is 3. The smallest absolute Gasteiger partial charge is 0.337 e. The van der Waals surface area contributed by atoms with Gasteiger partial charge in [0.25, 0.3) is 0 Å². The number of para-hydroxylation sites is 1. The van der Waals surface area contributed by atoms with Gasteiger partial charge >= 0.3 is 6.18 Å². The van der Waals surface area contributed by atoms with E-state index in [0.717, 1.165) is 11.9 Å². The standard InChI is InChI=1S/C13H13F3N2O2S/c1-18(7-13(14,15)16)11(19)6-10-12(20)17-8-4-2-3-5-9(8)21-10/h2-5,10H,6-7H2,1H3,(H,17,20). The molecule has 0 aliphatic carbocycles. The van der Waals surface area contributed by atoms with Crippen molar-refractivity contribution in [3.05, 3.63) is 24.3 Å². The Kier molecular flexibility index (Phi) is 4.46. The van der Waals surface area contributed by atoms with Crippen LogP contribution in [0.15, 0.2) is 29.2 Å². The molecule has 1 atom stereocenters. The third kappa shape index (κ3) is 4.13. The van der Waals surface area contributed by atoms with Gasteiger partial charge in [0.2, 0.25) is 11.8 Å². The van der Waals surface area contributed by atoms with Crippen molar-refractivity contribution in [2.75, 3.05) is 18.9 Å². The molecule has 2 amide bonds. The third-order valence-corrected chi connectivity index (χ3v) is 4.18. The minimum Gasteiger partial charge on any atom is -0.337 e. The molecule has 1 aliphatic heterocycles. The summed E-state index contributed by atoms with van der Waals surface area (Å²) in [6.07, 6.45) is -4.71. The van der Waals surface area contributed by atoms with Crippen LogP contribution in [0, 0.1) is 0 Å². The zero-order valence-electron chi connectivity index (χ0n) is 11.1. The second-order valence-corrected chi connectivity index (χ2v) is 5.91. The van der Waals surface area contributed by atoms with Crippen molar-refractivity contribution in [2.45, 2.75) is 22.7 Å². The van der Waals surface area contributed by atoms with Crippen molar-refractivity contribution in [2.24, 2.45) is 0 Å². The lowest BCUT2D eigenvalue weighted by Crippen LogP contribution is -2.39. The van der Waals surface area contributed by atoms with Crippen molar-refractivity contribution in [1.82, 2.24) is 4.90 Å². The van der Waals surface area contributed by atoms with Gasteiger partial charge in [-0.25, -0.2) is 0 Å². The van der Waals surface area contributed by atoms with E-state index in [0.29, 0.717) is 10.6 Å². The van der Waals surface area contributed by atoms with E-state index >= 15 is 0 Å². The summed E-state index contributed by atoms with van der Waals surface area (Å²) >= 11 is 1.19. The van der Waals surface area contributed by atoms with E-state index in [1.165, 1.54) is 11.8 Å². The number of nitrogens with zero attached hydrogens (tertiary/aromatic N) is 1. The molecule has 0 bridgehead atoms. The molecule has 114 valence electrons. The van der Waals surface area contributed by atoms with Gasteiger partial charge in [-0.15, -0.1) is 11.8 Å². The highest BCUT2D eigenvalue weighted by atomic mass is 32.2.